The summed E-state index contributed by atoms with van der Waals surface area (Å²) in [6.45, 7) is 2.16. The molecule has 0 saturated carbocycles. The van der Waals surface area contributed by atoms with Crippen molar-refractivity contribution in [3.8, 4) is 0 Å². The minimum Gasteiger partial charge on any atom is -0.308 e. The molecule has 0 aliphatic rings. The summed E-state index contributed by atoms with van der Waals surface area (Å²) in [6.07, 6.45) is 0. The number of hydrazine groups is 1. The van der Waals surface area contributed by atoms with Crippen molar-refractivity contribution in [3.05, 3.63) is 35.1 Å². The minimum absolute atomic E-state index is 0.315. The lowest BCUT2D eigenvalue weighted by Crippen LogP contribution is -2.30. The number of nitrogens with two attached hydrogens (primary N) is 1. The van der Waals surface area contributed by atoms with Crippen LogP contribution in [0.1, 0.15) is 15.9 Å². The van der Waals surface area contributed by atoms with Crippen molar-refractivity contribution in [1.82, 2.24) is 15.2 Å². The fourth-order valence-electron chi connectivity index (χ4n) is 1.66. The van der Waals surface area contributed by atoms with Gasteiger partial charge in [-0.2, -0.15) is 0 Å². The monoisotopic (exact) mass is 268 g/mol. The first kappa shape index (κ1) is 15.6. The van der Waals surface area contributed by atoms with Crippen molar-refractivity contribution in [3.63, 3.8) is 0 Å². The van der Waals surface area contributed by atoms with Gasteiger partial charge in [0, 0.05) is 30.8 Å². The summed E-state index contributed by atoms with van der Waals surface area (Å²) in [4.78, 5) is 15.5. The van der Waals surface area contributed by atoms with Crippen LogP contribution >= 0.6 is 0 Å². The van der Waals surface area contributed by atoms with Crippen LogP contribution in [-0.2, 0) is 6.54 Å². The maximum Gasteiger partial charge on any atom is 0.265 e. The molecule has 0 heterocycles. The third kappa shape index (κ3) is 4.94. The van der Waals surface area contributed by atoms with E-state index < -0.39 is 5.91 Å². The van der Waals surface area contributed by atoms with Crippen molar-refractivity contribution >= 4 is 5.91 Å². The molecule has 3 N–H and O–H groups in total. The molecule has 1 aromatic rings. The molecular formula is C13H21FN4O. The molecule has 0 bridgehead atoms. The third-order valence-electron chi connectivity index (χ3n) is 2.81. The van der Waals surface area contributed by atoms with E-state index in [0.29, 0.717) is 17.7 Å². The van der Waals surface area contributed by atoms with Gasteiger partial charge in [-0.1, -0.05) is 0 Å². The molecule has 1 amide bonds. The quantitative estimate of drug-likeness (QED) is 0.446. The first-order valence-electron chi connectivity index (χ1n) is 6.06. The van der Waals surface area contributed by atoms with E-state index in [4.69, 9.17) is 5.84 Å². The number of halogens is 1. The lowest BCUT2D eigenvalue weighted by atomic mass is 10.1. The second-order valence-corrected chi connectivity index (χ2v) is 4.82. The van der Waals surface area contributed by atoms with Crippen LogP contribution in [0.5, 0.6) is 0 Å². The summed E-state index contributed by atoms with van der Waals surface area (Å²) < 4.78 is 13.7. The normalized spacial score (nSPS) is 11.1. The third-order valence-corrected chi connectivity index (χ3v) is 2.81. The number of hydrogen-bond donors (Lipinski definition) is 2. The fourth-order valence-corrected chi connectivity index (χ4v) is 1.66. The molecule has 106 valence electrons. The summed E-state index contributed by atoms with van der Waals surface area (Å²) in [5.41, 5.74) is 2.89. The van der Waals surface area contributed by atoms with Crippen molar-refractivity contribution in [2.24, 2.45) is 5.84 Å². The highest BCUT2D eigenvalue weighted by molar-refractivity contribution is 5.93. The summed E-state index contributed by atoms with van der Waals surface area (Å²) in [5, 5.41) is 0. The summed E-state index contributed by atoms with van der Waals surface area (Å²) in [7, 11) is 5.89. The molecule has 0 fully saturated rings. The molecule has 0 aromatic heterocycles. The predicted octanol–water partition coefficient (Wildman–Crippen LogP) is 0.423. The van der Waals surface area contributed by atoms with Gasteiger partial charge in [0.05, 0.1) is 0 Å². The zero-order valence-electron chi connectivity index (χ0n) is 11.6. The largest absolute Gasteiger partial charge is 0.308 e. The van der Waals surface area contributed by atoms with Gasteiger partial charge in [0.25, 0.3) is 5.91 Å². The van der Waals surface area contributed by atoms with Crippen LogP contribution in [0.3, 0.4) is 0 Å². The van der Waals surface area contributed by atoms with E-state index >= 15 is 0 Å². The van der Waals surface area contributed by atoms with Crippen molar-refractivity contribution in [2.75, 3.05) is 34.2 Å². The van der Waals surface area contributed by atoms with E-state index in [9.17, 15) is 9.18 Å². The number of nitrogen functional groups attached to an aromatic ring is 1. The Labute approximate surface area is 113 Å². The molecule has 6 heteroatoms. The average Bonchev–Trinajstić information content (AvgIpc) is 2.38. The number of amides is 1. The smallest absolute Gasteiger partial charge is 0.265 e. The highest BCUT2D eigenvalue weighted by Crippen LogP contribution is 2.12. The Kier molecular flexibility index (Phi) is 5.88. The number of likely N-dealkylation sites (N-methyl/N-ethyl adjacent to an activating group) is 2. The van der Waals surface area contributed by atoms with Crippen molar-refractivity contribution < 1.29 is 9.18 Å². The molecule has 0 saturated heterocycles. The van der Waals surface area contributed by atoms with Gasteiger partial charge in [0.15, 0.2) is 0 Å². The minimum atomic E-state index is -0.419. The van der Waals surface area contributed by atoms with E-state index in [0.717, 1.165) is 13.1 Å². The van der Waals surface area contributed by atoms with E-state index in [2.05, 4.69) is 4.90 Å². The molecule has 0 unspecified atom stereocenters. The number of rotatable bonds is 6. The molecule has 1 aromatic carbocycles. The van der Waals surface area contributed by atoms with Crippen LogP contribution in [0.2, 0.25) is 0 Å². The number of benzene rings is 1. The van der Waals surface area contributed by atoms with Gasteiger partial charge in [-0.15, -0.1) is 0 Å². The van der Waals surface area contributed by atoms with Gasteiger partial charge in [-0.25, -0.2) is 10.2 Å². The lowest BCUT2D eigenvalue weighted by Gasteiger charge is -2.19. The SMILES string of the molecule is CN(C)CCN(C)Cc1cc(C(=O)NN)ccc1F. The molecule has 19 heavy (non-hydrogen) atoms. The topological polar surface area (TPSA) is 61.6 Å². The molecule has 0 aliphatic heterocycles. The zero-order chi connectivity index (χ0) is 14.4. The maximum atomic E-state index is 13.7. The van der Waals surface area contributed by atoms with Gasteiger partial charge >= 0.3 is 0 Å². The van der Waals surface area contributed by atoms with Crippen molar-refractivity contribution in [2.45, 2.75) is 6.54 Å². The second-order valence-electron chi connectivity index (χ2n) is 4.82. The Balaban J connectivity index is 2.73. The second kappa shape index (κ2) is 7.18. The Morgan fingerprint density at radius 1 is 1.32 bits per heavy atom. The van der Waals surface area contributed by atoms with Gasteiger partial charge in [0.2, 0.25) is 0 Å². The molecule has 0 aliphatic carbocycles. The summed E-state index contributed by atoms with van der Waals surface area (Å²) >= 11 is 0. The highest BCUT2D eigenvalue weighted by atomic mass is 19.1. The van der Waals surface area contributed by atoms with Crippen LogP contribution < -0.4 is 11.3 Å². The molecule has 0 spiro atoms. The number of nitrogens with zero attached hydrogens (tertiary/aromatic N) is 2. The Bertz CT molecular complexity index is 437. The Morgan fingerprint density at radius 2 is 2.00 bits per heavy atom. The predicted molar refractivity (Wildman–Crippen MR) is 72.9 cm³/mol. The molecule has 1 rings (SSSR count). The Morgan fingerprint density at radius 3 is 2.58 bits per heavy atom. The van der Waals surface area contributed by atoms with Crippen molar-refractivity contribution in [1.29, 1.82) is 0 Å². The fraction of sp³-hybridized carbons (Fsp3) is 0.462. The van der Waals surface area contributed by atoms with E-state index in [1.807, 2.05) is 31.5 Å². The van der Waals surface area contributed by atoms with Crippen LogP contribution in [0, 0.1) is 5.82 Å². The van der Waals surface area contributed by atoms with Crippen LogP contribution in [0.15, 0.2) is 18.2 Å². The molecule has 5 nitrogen and oxygen atoms in total. The molecule has 0 radical (unpaired) electrons. The van der Waals surface area contributed by atoms with E-state index in [-0.39, 0.29) is 5.82 Å². The highest BCUT2D eigenvalue weighted by Gasteiger charge is 2.10. The van der Waals surface area contributed by atoms with Gasteiger partial charge in [0.1, 0.15) is 5.82 Å². The lowest BCUT2D eigenvalue weighted by molar-refractivity contribution is 0.0953. The maximum absolute atomic E-state index is 13.7. The Hall–Kier alpha value is -1.50. The van der Waals surface area contributed by atoms with E-state index in [1.54, 1.807) is 0 Å². The number of carbonyl (C=O) groups excluding carboxylic acids is 1. The summed E-state index contributed by atoms with van der Waals surface area (Å²) in [5.74, 6) is 4.33. The van der Waals surface area contributed by atoms with Crippen LogP contribution in [0.25, 0.3) is 0 Å². The average molecular weight is 268 g/mol. The standard InChI is InChI=1S/C13H21FN4O/c1-17(2)6-7-18(3)9-11-8-10(13(19)16-15)4-5-12(11)14/h4-5,8H,6-7,9,15H2,1-3H3,(H,16,19). The van der Waals surface area contributed by atoms with Gasteiger partial charge in [-0.05, 0) is 39.3 Å². The molecule has 0 atom stereocenters. The molecular weight excluding hydrogens is 247 g/mol. The van der Waals surface area contributed by atoms with E-state index in [1.165, 1.54) is 18.2 Å². The summed E-state index contributed by atoms with van der Waals surface area (Å²) in [6, 6.07) is 4.24. The zero-order valence-corrected chi connectivity index (χ0v) is 11.6. The van der Waals surface area contributed by atoms with Gasteiger partial charge < -0.3 is 9.80 Å². The van der Waals surface area contributed by atoms with Gasteiger partial charge in [-0.3, -0.25) is 10.2 Å². The van der Waals surface area contributed by atoms with Crippen LogP contribution in [0.4, 0.5) is 4.39 Å². The number of hydrogen-bond acceptors (Lipinski definition) is 4. The number of carbonyl (C=O) groups is 1. The number of nitrogens with one attached hydrogen (secondary N) is 1. The first-order chi connectivity index (χ1) is 8.93. The van der Waals surface area contributed by atoms with Crippen LogP contribution in [-0.4, -0.2) is 49.9 Å². The first-order valence-corrected chi connectivity index (χ1v) is 6.06.